The Morgan fingerprint density at radius 1 is 1.06 bits per heavy atom. The molecule has 2 aromatic rings. The van der Waals surface area contributed by atoms with Gasteiger partial charge in [-0.25, -0.2) is 8.78 Å². The molecule has 158 valence electrons. The van der Waals surface area contributed by atoms with Gasteiger partial charge in [0.05, 0.1) is 12.0 Å². The molecule has 0 aromatic heterocycles. The molecular weight excluding hydrogens is 396 g/mol. The molecule has 0 bridgehead atoms. The molecule has 31 heavy (non-hydrogen) atoms. The largest absolute Gasteiger partial charge is 0.440 e. The maximum Gasteiger partial charge on any atom is 0.205 e. The Morgan fingerprint density at radius 2 is 1.68 bits per heavy atom. The first-order chi connectivity index (χ1) is 14.9. The van der Waals surface area contributed by atoms with Gasteiger partial charge in [0.15, 0.2) is 0 Å². The van der Waals surface area contributed by atoms with Crippen molar-refractivity contribution < 1.29 is 18.4 Å². The van der Waals surface area contributed by atoms with Crippen LogP contribution in [0.3, 0.4) is 0 Å². The predicted molar refractivity (Wildman–Crippen MR) is 114 cm³/mol. The Labute approximate surface area is 180 Å². The highest BCUT2D eigenvalue weighted by Gasteiger charge is 2.40. The first-order valence-electron chi connectivity index (χ1n) is 10.2. The molecule has 2 aliphatic rings. The molecule has 2 atom stereocenters. The van der Waals surface area contributed by atoms with E-state index in [0.29, 0.717) is 30.5 Å². The minimum Gasteiger partial charge on any atom is -0.440 e. The highest BCUT2D eigenvalue weighted by Crippen LogP contribution is 2.41. The standard InChI is InChI=1S/C25H23F2N3O/c1-15(2)30-13-18(11-16-3-7-19(26)8-4-16)24-22(14-30)23(21(12-28)25(29)31-24)17-5-9-20(27)10-6-17/h3-11,15,23H,13-14,29H2,1-2H3/p+1/t23-/m1/s1. The van der Waals surface area contributed by atoms with Gasteiger partial charge >= 0.3 is 0 Å². The summed E-state index contributed by atoms with van der Waals surface area (Å²) in [6.07, 6.45) is 1.97. The summed E-state index contributed by atoms with van der Waals surface area (Å²) in [5, 5.41) is 9.82. The SMILES string of the molecule is CC(C)[NH+]1CC(=Cc2ccc(F)cc2)C2=C(C1)[C@H](c1ccc(F)cc1)C(C#N)=C(N)O2. The molecule has 0 saturated heterocycles. The van der Waals surface area contributed by atoms with Crippen LogP contribution in [-0.4, -0.2) is 19.1 Å². The second-order valence-corrected chi connectivity index (χ2v) is 8.22. The van der Waals surface area contributed by atoms with Gasteiger partial charge in [0, 0.05) is 11.1 Å². The first kappa shape index (κ1) is 20.8. The lowest BCUT2D eigenvalue weighted by Crippen LogP contribution is -3.16. The topological polar surface area (TPSA) is 63.5 Å². The number of allylic oxidation sites excluding steroid dienone is 1. The number of benzene rings is 2. The zero-order valence-corrected chi connectivity index (χ0v) is 17.5. The molecule has 0 fully saturated rings. The number of quaternary nitrogens is 1. The number of hydrogen-bond acceptors (Lipinski definition) is 3. The van der Waals surface area contributed by atoms with Crippen LogP contribution in [0.4, 0.5) is 8.78 Å². The zero-order valence-electron chi connectivity index (χ0n) is 17.5. The van der Waals surface area contributed by atoms with Gasteiger partial charge in [-0.3, -0.25) is 0 Å². The number of rotatable bonds is 3. The van der Waals surface area contributed by atoms with Gasteiger partial charge in [0.25, 0.3) is 0 Å². The van der Waals surface area contributed by atoms with Gasteiger partial charge < -0.3 is 15.4 Å². The van der Waals surface area contributed by atoms with Crippen LogP contribution in [0.15, 0.2) is 76.9 Å². The molecule has 0 aliphatic carbocycles. The summed E-state index contributed by atoms with van der Waals surface area (Å²) in [5.41, 5.74) is 10.0. The lowest BCUT2D eigenvalue weighted by atomic mass is 9.80. The molecule has 0 saturated carbocycles. The van der Waals surface area contributed by atoms with Crippen molar-refractivity contribution in [1.29, 1.82) is 5.26 Å². The lowest BCUT2D eigenvalue weighted by Gasteiger charge is -2.37. The van der Waals surface area contributed by atoms with Crippen molar-refractivity contribution in [3.63, 3.8) is 0 Å². The summed E-state index contributed by atoms with van der Waals surface area (Å²) in [6.45, 7) is 5.66. The van der Waals surface area contributed by atoms with E-state index in [1.807, 2.05) is 6.08 Å². The number of halogens is 2. The average Bonchev–Trinajstić information content (AvgIpc) is 2.75. The highest BCUT2D eigenvalue weighted by atomic mass is 19.1. The summed E-state index contributed by atoms with van der Waals surface area (Å²) in [6, 6.07) is 14.9. The van der Waals surface area contributed by atoms with Crippen molar-refractivity contribution >= 4 is 6.08 Å². The van der Waals surface area contributed by atoms with E-state index in [9.17, 15) is 14.0 Å². The van der Waals surface area contributed by atoms with Crippen molar-refractivity contribution in [1.82, 2.24) is 0 Å². The Hall–Kier alpha value is -3.43. The van der Waals surface area contributed by atoms with Gasteiger partial charge in [-0.2, -0.15) is 5.26 Å². The second kappa shape index (κ2) is 8.37. The van der Waals surface area contributed by atoms with E-state index >= 15 is 0 Å². The molecule has 1 unspecified atom stereocenters. The average molecular weight is 420 g/mol. The molecule has 0 radical (unpaired) electrons. The van der Waals surface area contributed by atoms with E-state index in [0.717, 1.165) is 22.3 Å². The zero-order chi connectivity index (χ0) is 22.1. The molecule has 4 nitrogen and oxygen atoms in total. The van der Waals surface area contributed by atoms with Crippen LogP contribution >= 0.6 is 0 Å². The van der Waals surface area contributed by atoms with Crippen LogP contribution in [0.5, 0.6) is 0 Å². The minimum atomic E-state index is -0.403. The molecule has 2 aromatic carbocycles. The number of nitriles is 1. The molecular formula is C25H24F2N3O+. The summed E-state index contributed by atoms with van der Waals surface area (Å²) >= 11 is 0. The number of ether oxygens (including phenoxy) is 1. The van der Waals surface area contributed by atoms with E-state index in [1.54, 1.807) is 24.3 Å². The maximum atomic E-state index is 13.6. The summed E-state index contributed by atoms with van der Waals surface area (Å²) < 4.78 is 32.9. The normalized spacial score (nSPS) is 22.4. The van der Waals surface area contributed by atoms with Gasteiger partial charge in [-0.15, -0.1) is 0 Å². The van der Waals surface area contributed by atoms with E-state index in [-0.39, 0.29) is 17.5 Å². The third-order valence-corrected chi connectivity index (χ3v) is 5.88. The summed E-state index contributed by atoms with van der Waals surface area (Å²) in [4.78, 5) is 1.31. The fraction of sp³-hybridized carbons (Fsp3) is 0.240. The van der Waals surface area contributed by atoms with Crippen molar-refractivity contribution in [3.8, 4) is 6.07 Å². The van der Waals surface area contributed by atoms with Gasteiger partial charge in [0.2, 0.25) is 5.88 Å². The van der Waals surface area contributed by atoms with Crippen LogP contribution in [0.25, 0.3) is 6.08 Å². The van der Waals surface area contributed by atoms with Crippen LogP contribution in [0, 0.1) is 23.0 Å². The molecule has 0 amide bonds. The molecule has 0 spiro atoms. The van der Waals surface area contributed by atoms with Gasteiger partial charge in [-0.05, 0) is 55.3 Å². The number of nitrogens with one attached hydrogen (secondary N) is 1. The molecule has 2 heterocycles. The molecule has 4 rings (SSSR count). The molecule has 3 N–H and O–H groups in total. The number of nitrogens with two attached hydrogens (primary N) is 1. The van der Waals surface area contributed by atoms with Crippen LogP contribution in [0.1, 0.15) is 30.9 Å². The van der Waals surface area contributed by atoms with Gasteiger partial charge in [0.1, 0.15) is 42.1 Å². The van der Waals surface area contributed by atoms with Crippen molar-refractivity contribution in [2.75, 3.05) is 13.1 Å². The van der Waals surface area contributed by atoms with E-state index in [4.69, 9.17) is 10.5 Å². The Balaban J connectivity index is 1.88. The third-order valence-electron chi connectivity index (χ3n) is 5.88. The smallest absolute Gasteiger partial charge is 0.205 e. The quantitative estimate of drug-likeness (QED) is 0.800. The predicted octanol–water partition coefficient (Wildman–Crippen LogP) is 3.42. The van der Waals surface area contributed by atoms with Crippen LogP contribution in [0.2, 0.25) is 0 Å². The van der Waals surface area contributed by atoms with E-state index in [1.165, 1.54) is 29.2 Å². The second-order valence-electron chi connectivity index (χ2n) is 8.22. The summed E-state index contributed by atoms with van der Waals surface area (Å²) in [5.74, 6) is -0.320. The van der Waals surface area contributed by atoms with Crippen molar-refractivity contribution in [2.24, 2.45) is 5.73 Å². The molecule has 2 aliphatic heterocycles. The number of hydrogen-bond donors (Lipinski definition) is 2. The fourth-order valence-corrected chi connectivity index (χ4v) is 4.19. The highest BCUT2D eigenvalue weighted by molar-refractivity contribution is 5.62. The van der Waals surface area contributed by atoms with Crippen molar-refractivity contribution in [2.45, 2.75) is 25.8 Å². The van der Waals surface area contributed by atoms with Crippen LogP contribution in [-0.2, 0) is 4.74 Å². The number of nitrogens with zero attached hydrogens (tertiary/aromatic N) is 1. The monoisotopic (exact) mass is 420 g/mol. The Bertz CT molecular complexity index is 1120. The first-order valence-corrected chi connectivity index (χ1v) is 10.2. The van der Waals surface area contributed by atoms with Crippen molar-refractivity contribution in [3.05, 3.63) is 99.7 Å². The fourth-order valence-electron chi connectivity index (χ4n) is 4.19. The summed E-state index contributed by atoms with van der Waals surface area (Å²) in [7, 11) is 0. The van der Waals surface area contributed by atoms with Crippen LogP contribution < -0.4 is 10.6 Å². The van der Waals surface area contributed by atoms with E-state index in [2.05, 4.69) is 19.9 Å². The lowest BCUT2D eigenvalue weighted by molar-refractivity contribution is -0.913. The minimum absolute atomic E-state index is 0.0635. The maximum absolute atomic E-state index is 13.6. The van der Waals surface area contributed by atoms with Gasteiger partial charge in [-0.1, -0.05) is 24.3 Å². The molecule has 6 heteroatoms. The third kappa shape index (κ3) is 4.10. The Morgan fingerprint density at radius 3 is 2.26 bits per heavy atom. The van der Waals surface area contributed by atoms with E-state index < -0.39 is 5.92 Å². The Kier molecular flexibility index (Phi) is 5.62.